The number of nitrogens with zero attached hydrogens (tertiary/aromatic N) is 2. The Hall–Kier alpha value is -1.13. The SMILES string of the molecule is CCNCc1ccc(N2CCCC(OC)C2)nc1. The lowest BCUT2D eigenvalue weighted by Gasteiger charge is -2.32. The van der Waals surface area contributed by atoms with Gasteiger partial charge in [-0.25, -0.2) is 4.98 Å². The summed E-state index contributed by atoms with van der Waals surface area (Å²) in [6, 6.07) is 4.27. The topological polar surface area (TPSA) is 37.4 Å². The average molecular weight is 249 g/mol. The van der Waals surface area contributed by atoms with Crippen molar-refractivity contribution in [3.8, 4) is 0 Å². The summed E-state index contributed by atoms with van der Waals surface area (Å²) in [5.74, 6) is 1.07. The predicted molar refractivity (Wildman–Crippen MR) is 73.9 cm³/mol. The van der Waals surface area contributed by atoms with Crippen molar-refractivity contribution in [3.63, 3.8) is 0 Å². The van der Waals surface area contributed by atoms with E-state index in [0.29, 0.717) is 6.10 Å². The van der Waals surface area contributed by atoms with Crippen molar-refractivity contribution in [1.82, 2.24) is 10.3 Å². The van der Waals surface area contributed by atoms with Gasteiger partial charge in [0.2, 0.25) is 0 Å². The van der Waals surface area contributed by atoms with Gasteiger partial charge >= 0.3 is 0 Å². The van der Waals surface area contributed by atoms with Crippen LogP contribution in [0.5, 0.6) is 0 Å². The first-order valence-corrected chi connectivity index (χ1v) is 6.77. The number of methoxy groups -OCH3 is 1. The summed E-state index contributed by atoms with van der Waals surface area (Å²) in [6.07, 6.45) is 4.65. The molecule has 1 aliphatic heterocycles. The third-order valence-electron chi connectivity index (χ3n) is 3.42. The maximum absolute atomic E-state index is 5.44. The zero-order valence-corrected chi connectivity index (χ0v) is 11.4. The van der Waals surface area contributed by atoms with Gasteiger partial charge in [0, 0.05) is 32.9 Å². The highest BCUT2D eigenvalue weighted by atomic mass is 16.5. The fourth-order valence-electron chi connectivity index (χ4n) is 2.32. The lowest BCUT2D eigenvalue weighted by atomic mass is 10.1. The van der Waals surface area contributed by atoms with E-state index in [9.17, 15) is 0 Å². The summed E-state index contributed by atoms with van der Waals surface area (Å²) in [6.45, 7) is 6.03. The van der Waals surface area contributed by atoms with Crippen molar-refractivity contribution in [2.75, 3.05) is 31.6 Å². The quantitative estimate of drug-likeness (QED) is 0.863. The standard InChI is InChI=1S/C14H23N3O/c1-3-15-9-12-6-7-14(16-10-12)17-8-4-5-13(11-17)18-2/h6-7,10,13,15H,3-5,8-9,11H2,1-2H3. The number of hydrogen-bond donors (Lipinski definition) is 1. The lowest BCUT2D eigenvalue weighted by Crippen LogP contribution is -2.39. The molecular weight excluding hydrogens is 226 g/mol. The highest BCUT2D eigenvalue weighted by molar-refractivity contribution is 5.40. The van der Waals surface area contributed by atoms with Crippen molar-refractivity contribution >= 4 is 5.82 Å². The van der Waals surface area contributed by atoms with Gasteiger partial charge in [0.25, 0.3) is 0 Å². The number of piperidine rings is 1. The molecule has 1 aromatic heterocycles. The molecule has 1 aliphatic rings. The van der Waals surface area contributed by atoms with E-state index in [1.54, 1.807) is 7.11 Å². The van der Waals surface area contributed by atoms with Gasteiger partial charge in [-0.05, 0) is 31.0 Å². The van der Waals surface area contributed by atoms with Crippen LogP contribution in [0.2, 0.25) is 0 Å². The van der Waals surface area contributed by atoms with Crippen LogP contribution in [0.25, 0.3) is 0 Å². The molecule has 1 aromatic rings. The molecule has 0 spiro atoms. The number of nitrogens with one attached hydrogen (secondary N) is 1. The van der Waals surface area contributed by atoms with Crippen LogP contribution < -0.4 is 10.2 Å². The van der Waals surface area contributed by atoms with E-state index < -0.39 is 0 Å². The maximum Gasteiger partial charge on any atom is 0.128 e. The first-order valence-electron chi connectivity index (χ1n) is 6.77. The van der Waals surface area contributed by atoms with E-state index in [0.717, 1.165) is 38.4 Å². The molecule has 2 rings (SSSR count). The molecule has 0 amide bonds. The molecular formula is C14H23N3O. The zero-order chi connectivity index (χ0) is 12.8. The van der Waals surface area contributed by atoms with E-state index >= 15 is 0 Å². The van der Waals surface area contributed by atoms with Crippen LogP contribution >= 0.6 is 0 Å². The smallest absolute Gasteiger partial charge is 0.128 e. The average Bonchev–Trinajstić information content (AvgIpc) is 2.46. The third-order valence-corrected chi connectivity index (χ3v) is 3.42. The molecule has 4 nitrogen and oxygen atoms in total. The van der Waals surface area contributed by atoms with Crippen molar-refractivity contribution < 1.29 is 4.74 Å². The largest absolute Gasteiger partial charge is 0.380 e. The Kier molecular flexibility index (Phi) is 4.96. The van der Waals surface area contributed by atoms with Crippen LogP contribution in [0.3, 0.4) is 0 Å². The zero-order valence-electron chi connectivity index (χ0n) is 11.4. The second kappa shape index (κ2) is 6.71. The number of rotatable bonds is 5. The van der Waals surface area contributed by atoms with Gasteiger partial charge in [0.05, 0.1) is 6.10 Å². The third kappa shape index (κ3) is 3.43. The minimum atomic E-state index is 0.349. The maximum atomic E-state index is 5.44. The highest BCUT2D eigenvalue weighted by Gasteiger charge is 2.20. The summed E-state index contributed by atoms with van der Waals surface area (Å²) in [5.41, 5.74) is 1.24. The Morgan fingerprint density at radius 1 is 1.50 bits per heavy atom. The Balaban J connectivity index is 1.96. The molecule has 4 heteroatoms. The summed E-state index contributed by atoms with van der Waals surface area (Å²) in [7, 11) is 1.79. The van der Waals surface area contributed by atoms with E-state index in [4.69, 9.17) is 4.74 Å². The van der Waals surface area contributed by atoms with Crippen molar-refractivity contribution in [2.45, 2.75) is 32.4 Å². The number of pyridine rings is 1. The molecule has 1 saturated heterocycles. The van der Waals surface area contributed by atoms with Crippen LogP contribution in [-0.2, 0) is 11.3 Å². The Labute approximate surface area is 109 Å². The van der Waals surface area contributed by atoms with Gasteiger partial charge in [0.15, 0.2) is 0 Å². The Bertz CT molecular complexity index is 353. The molecule has 0 radical (unpaired) electrons. The molecule has 100 valence electrons. The van der Waals surface area contributed by atoms with E-state index in [1.807, 2.05) is 6.20 Å². The van der Waals surface area contributed by atoms with Gasteiger partial charge in [-0.2, -0.15) is 0 Å². The first-order chi connectivity index (χ1) is 8.83. The van der Waals surface area contributed by atoms with Gasteiger partial charge in [0.1, 0.15) is 5.82 Å². The van der Waals surface area contributed by atoms with Crippen LogP contribution in [0.1, 0.15) is 25.3 Å². The van der Waals surface area contributed by atoms with Crippen LogP contribution in [0.15, 0.2) is 18.3 Å². The van der Waals surface area contributed by atoms with Crippen LogP contribution in [0, 0.1) is 0 Å². The van der Waals surface area contributed by atoms with E-state index in [1.165, 1.54) is 12.0 Å². The van der Waals surface area contributed by atoms with Crippen molar-refractivity contribution in [3.05, 3.63) is 23.9 Å². The molecule has 1 N–H and O–H groups in total. The molecule has 1 atom stereocenters. The molecule has 1 fully saturated rings. The minimum Gasteiger partial charge on any atom is -0.380 e. The molecule has 18 heavy (non-hydrogen) atoms. The number of anilines is 1. The van der Waals surface area contributed by atoms with Gasteiger partial charge < -0.3 is 15.0 Å². The minimum absolute atomic E-state index is 0.349. The van der Waals surface area contributed by atoms with Gasteiger partial charge in [-0.15, -0.1) is 0 Å². The first kappa shape index (κ1) is 13.3. The Morgan fingerprint density at radius 2 is 2.39 bits per heavy atom. The second-order valence-electron chi connectivity index (χ2n) is 4.75. The number of ether oxygens (including phenoxy) is 1. The fraction of sp³-hybridized carbons (Fsp3) is 0.643. The van der Waals surface area contributed by atoms with Crippen molar-refractivity contribution in [1.29, 1.82) is 0 Å². The van der Waals surface area contributed by atoms with Crippen LogP contribution in [-0.4, -0.2) is 37.8 Å². The molecule has 0 bridgehead atoms. The highest BCUT2D eigenvalue weighted by Crippen LogP contribution is 2.19. The fourth-order valence-corrected chi connectivity index (χ4v) is 2.32. The summed E-state index contributed by atoms with van der Waals surface area (Å²) >= 11 is 0. The lowest BCUT2D eigenvalue weighted by molar-refractivity contribution is 0.0891. The molecule has 0 aromatic carbocycles. The van der Waals surface area contributed by atoms with Crippen LogP contribution in [0.4, 0.5) is 5.82 Å². The number of hydrogen-bond acceptors (Lipinski definition) is 4. The monoisotopic (exact) mass is 249 g/mol. The number of aromatic nitrogens is 1. The van der Waals surface area contributed by atoms with E-state index in [2.05, 4.69) is 34.3 Å². The van der Waals surface area contributed by atoms with Gasteiger partial charge in [-0.1, -0.05) is 13.0 Å². The van der Waals surface area contributed by atoms with Gasteiger partial charge in [-0.3, -0.25) is 0 Å². The second-order valence-corrected chi connectivity index (χ2v) is 4.75. The predicted octanol–water partition coefficient (Wildman–Crippen LogP) is 1.81. The summed E-state index contributed by atoms with van der Waals surface area (Å²) in [5, 5.41) is 3.31. The van der Waals surface area contributed by atoms with E-state index in [-0.39, 0.29) is 0 Å². The summed E-state index contributed by atoms with van der Waals surface area (Å²) in [4.78, 5) is 6.87. The molecule has 2 heterocycles. The summed E-state index contributed by atoms with van der Waals surface area (Å²) < 4.78 is 5.44. The van der Waals surface area contributed by atoms with Crippen molar-refractivity contribution in [2.24, 2.45) is 0 Å². The Morgan fingerprint density at radius 3 is 3.06 bits per heavy atom. The molecule has 1 unspecified atom stereocenters. The normalized spacial score (nSPS) is 20.1. The molecule has 0 saturated carbocycles. The molecule has 0 aliphatic carbocycles.